The molecule has 1 N–H and O–H groups in total. The largest absolute Gasteiger partial charge is 0.479 e. The van der Waals surface area contributed by atoms with Crippen LogP contribution < -0.4 is 14.9 Å². The quantitative estimate of drug-likeness (QED) is 0.216. The van der Waals surface area contributed by atoms with Gasteiger partial charge in [-0.15, -0.1) is 0 Å². The van der Waals surface area contributed by atoms with Crippen LogP contribution in [-0.4, -0.2) is 24.2 Å². The van der Waals surface area contributed by atoms with Gasteiger partial charge in [0.15, 0.2) is 6.10 Å². The van der Waals surface area contributed by atoms with Gasteiger partial charge in [0.25, 0.3) is 5.91 Å². The summed E-state index contributed by atoms with van der Waals surface area (Å²) in [5, 5.41) is 4.70. The van der Waals surface area contributed by atoms with E-state index < -0.39 is 18.0 Å². The lowest BCUT2D eigenvalue weighted by molar-refractivity contribution is -0.127. The van der Waals surface area contributed by atoms with E-state index in [1.807, 2.05) is 19.1 Å². The van der Waals surface area contributed by atoms with Gasteiger partial charge in [0.1, 0.15) is 11.5 Å². The van der Waals surface area contributed by atoms with Crippen molar-refractivity contribution in [3.63, 3.8) is 0 Å². The van der Waals surface area contributed by atoms with Crippen LogP contribution in [0.15, 0.2) is 71.8 Å². The molecule has 0 unspecified atom stereocenters. The average molecular weight is 471 g/mol. The van der Waals surface area contributed by atoms with Gasteiger partial charge in [-0.05, 0) is 74.0 Å². The molecule has 0 bridgehead atoms. The van der Waals surface area contributed by atoms with Crippen LogP contribution in [0, 0.1) is 6.92 Å². The summed E-state index contributed by atoms with van der Waals surface area (Å²) in [6.45, 7) is 3.52. The summed E-state index contributed by atoms with van der Waals surface area (Å²) in [5.74, 6) is -0.138. The summed E-state index contributed by atoms with van der Waals surface area (Å²) >= 11 is 11.9. The van der Waals surface area contributed by atoms with Crippen LogP contribution in [0.4, 0.5) is 0 Å². The Balaban J connectivity index is 1.51. The fourth-order valence-electron chi connectivity index (χ4n) is 2.55. The van der Waals surface area contributed by atoms with Gasteiger partial charge in [-0.3, -0.25) is 4.79 Å². The summed E-state index contributed by atoms with van der Waals surface area (Å²) in [6.07, 6.45) is 0.639. The third-order valence-electron chi connectivity index (χ3n) is 4.33. The zero-order valence-electron chi connectivity index (χ0n) is 17.3. The second-order valence-corrected chi connectivity index (χ2v) is 7.74. The molecule has 1 atom stereocenters. The zero-order valence-corrected chi connectivity index (χ0v) is 18.9. The second-order valence-electron chi connectivity index (χ2n) is 6.89. The van der Waals surface area contributed by atoms with Crippen LogP contribution in [0.1, 0.15) is 28.4 Å². The lowest BCUT2D eigenvalue weighted by Crippen LogP contribution is -2.33. The Kier molecular flexibility index (Phi) is 7.87. The van der Waals surface area contributed by atoms with Crippen molar-refractivity contribution in [3.05, 3.63) is 93.5 Å². The number of aryl methyl sites for hydroxylation is 1. The Labute approximate surface area is 195 Å². The highest BCUT2D eigenvalue weighted by Crippen LogP contribution is 2.28. The molecule has 3 aromatic carbocycles. The van der Waals surface area contributed by atoms with Crippen molar-refractivity contribution in [2.24, 2.45) is 5.10 Å². The molecule has 0 aromatic heterocycles. The number of hydrogen-bond acceptors (Lipinski definition) is 5. The van der Waals surface area contributed by atoms with Gasteiger partial charge >= 0.3 is 5.97 Å². The van der Waals surface area contributed by atoms with E-state index in [-0.39, 0.29) is 0 Å². The molecule has 32 heavy (non-hydrogen) atoms. The molecular formula is C24H20Cl2N2O4. The van der Waals surface area contributed by atoms with Crippen LogP contribution in [-0.2, 0) is 4.79 Å². The number of nitrogens with zero attached hydrogens (tertiary/aromatic N) is 1. The van der Waals surface area contributed by atoms with Crippen LogP contribution in [0.5, 0.6) is 11.5 Å². The van der Waals surface area contributed by atoms with Crippen LogP contribution >= 0.6 is 23.2 Å². The molecule has 0 spiro atoms. The van der Waals surface area contributed by atoms with Crippen molar-refractivity contribution in [1.29, 1.82) is 0 Å². The normalized spacial score (nSPS) is 11.8. The molecule has 8 heteroatoms. The van der Waals surface area contributed by atoms with Crippen LogP contribution in [0.2, 0.25) is 10.0 Å². The summed E-state index contributed by atoms with van der Waals surface area (Å²) in [7, 11) is 0. The van der Waals surface area contributed by atoms with E-state index in [1.54, 1.807) is 55.5 Å². The van der Waals surface area contributed by atoms with Crippen LogP contribution in [0.25, 0.3) is 0 Å². The SMILES string of the molecule is Cc1ccc(C(=O)Oc2ccc(/C=N\NC(=O)[C@@H](C)Oc3ccc(Cl)cc3Cl)cc2)cc1. The smallest absolute Gasteiger partial charge is 0.343 e. The van der Waals surface area contributed by atoms with Crippen molar-refractivity contribution in [3.8, 4) is 11.5 Å². The molecule has 3 rings (SSSR count). The number of benzene rings is 3. The molecule has 1 amide bonds. The van der Waals surface area contributed by atoms with E-state index >= 15 is 0 Å². The Morgan fingerprint density at radius 1 is 1.00 bits per heavy atom. The van der Waals surface area contributed by atoms with E-state index in [9.17, 15) is 9.59 Å². The molecule has 0 aliphatic carbocycles. The summed E-state index contributed by atoms with van der Waals surface area (Å²) in [4.78, 5) is 24.3. The molecule has 0 aliphatic rings. The van der Waals surface area contributed by atoms with Crippen molar-refractivity contribution >= 4 is 41.3 Å². The number of carbonyl (C=O) groups excluding carboxylic acids is 2. The van der Waals surface area contributed by atoms with Gasteiger partial charge in [0.2, 0.25) is 0 Å². The second kappa shape index (κ2) is 10.8. The predicted octanol–water partition coefficient (Wildman–Crippen LogP) is 5.44. The number of hydrazone groups is 1. The Morgan fingerprint density at radius 2 is 1.69 bits per heavy atom. The van der Waals surface area contributed by atoms with Crippen molar-refractivity contribution in [2.75, 3.05) is 0 Å². The molecule has 0 heterocycles. The minimum Gasteiger partial charge on any atom is -0.479 e. The maximum absolute atomic E-state index is 12.2. The fraction of sp³-hybridized carbons (Fsp3) is 0.125. The van der Waals surface area contributed by atoms with Gasteiger partial charge in [0.05, 0.1) is 16.8 Å². The molecule has 0 radical (unpaired) electrons. The highest BCUT2D eigenvalue weighted by atomic mass is 35.5. The molecule has 0 saturated carbocycles. The molecule has 0 fully saturated rings. The van der Waals surface area contributed by atoms with E-state index in [2.05, 4.69) is 10.5 Å². The molecule has 6 nitrogen and oxygen atoms in total. The first-order valence-corrected chi connectivity index (χ1v) is 10.4. The lowest BCUT2D eigenvalue weighted by atomic mass is 10.1. The first kappa shape index (κ1) is 23.3. The number of ether oxygens (including phenoxy) is 2. The number of nitrogens with one attached hydrogen (secondary N) is 1. The van der Waals surface area contributed by atoms with E-state index in [1.165, 1.54) is 12.3 Å². The van der Waals surface area contributed by atoms with Gasteiger partial charge < -0.3 is 9.47 Å². The van der Waals surface area contributed by atoms with Gasteiger partial charge in [-0.1, -0.05) is 40.9 Å². The minimum absolute atomic E-state index is 0.309. The van der Waals surface area contributed by atoms with E-state index in [0.717, 1.165) is 5.56 Å². The number of rotatable bonds is 7. The van der Waals surface area contributed by atoms with E-state index in [4.69, 9.17) is 32.7 Å². The number of hydrogen-bond donors (Lipinski definition) is 1. The van der Waals surface area contributed by atoms with Crippen molar-refractivity contribution in [1.82, 2.24) is 5.43 Å². The number of carbonyl (C=O) groups is 2. The molecular weight excluding hydrogens is 451 g/mol. The molecule has 3 aromatic rings. The number of esters is 1. The van der Waals surface area contributed by atoms with Crippen LogP contribution in [0.3, 0.4) is 0 Å². The minimum atomic E-state index is -0.825. The van der Waals surface area contributed by atoms with Gasteiger partial charge in [-0.25, -0.2) is 10.2 Å². The highest BCUT2D eigenvalue weighted by Gasteiger charge is 2.15. The number of amides is 1. The number of halogens is 2. The zero-order chi connectivity index (χ0) is 23.1. The maximum atomic E-state index is 12.2. The van der Waals surface area contributed by atoms with Crippen molar-refractivity contribution in [2.45, 2.75) is 20.0 Å². The average Bonchev–Trinajstić information content (AvgIpc) is 2.77. The highest BCUT2D eigenvalue weighted by molar-refractivity contribution is 6.35. The third kappa shape index (κ3) is 6.57. The van der Waals surface area contributed by atoms with Gasteiger partial charge in [-0.2, -0.15) is 5.10 Å². The summed E-state index contributed by atoms with van der Waals surface area (Å²) < 4.78 is 10.9. The van der Waals surface area contributed by atoms with Crippen molar-refractivity contribution < 1.29 is 19.1 Å². The van der Waals surface area contributed by atoms with Gasteiger partial charge in [0, 0.05) is 5.02 Å². The summed E-state index contributed by atoms with van der Waals surface area (Å²) in [6, 6.07) is 18.6. The van der Waals surface area contributed by atoms with E-state index in [0.29, 0.717) is 32.7 Å². The molecule has 0 saturated heterocycles. The Morgan fingerprint density at radius 3 is 2.34 bits per heavy atom. The maximum Gasteiger partial charge on any atom is 0.343 e. The third-order valence-corrected chi connectivity index (χ3v) is 4.86. The monoisotopic (exact) mass is 470 g/mol. The Hall–Kier alpha value is -3.35. The topological polar surface area (TPSA) is 77.0 Å². The standard InChI is InChI=1S/C24H20Cl2N2O4/c1-15-3-7-18(8-4-15)24(30)32-20-10-5-17(6-11-20)14-27-28-23(29)16(2)31-22-12-9-19(25)13-21(22)26/h3-14,16H,1-2H3,(H,28,29)/b27-14-/t16-/m1/s1. The predicted molar refractivity (Wildman–Crippen MR) is 125 cm³/mol. The lowest BCUT2D eigenvalue weighted by Gasteiger charge is -2.14. The molecule has 164 valence electrons. The first-order valence-electron chi connectivity index (χ1n) is 9.65. The fourth-order valence-corrected chi connectivity index (χ4v) is 3.01. The molecule has 0 aliphatic heterocycles. The Bertz CT molecular complexity index is 1130. The first-order chi connectivity index (χ1) is 15.3. The summed E-state index contributed by atoms with van der Waals surface area (Å²) in [5.41, 5.74) is 4.64.